The Morgan fingerprint density at radius 1 is 1.06 bits per heavy atom. The second-order valence-electron chi connectivity index (χ2n) is 9.15. The number of nitrogens with one attached hydrogen (secondary N) is 1. The van der Waals surface area contributed by atoms with E-state index >= 15 is 0 Å². The normalized spacial score (nSPS) is 19.3. The summed E-state index contributed by atoms with van der Waals surface area (Å²) in [5, 5.41) is 12.3. The Bertz CT molecular complexity index is 884. The number of carbonyl (C=O) groups is 1. The largest absolute Gasteiger partial charge is 0.354 e. The van der Waals surface area contributed by atoms with E-state index in [1.165, 1.54) is 87.3 Å². The van der Waals surface area contributed by atoms with Gasteiger partial charge in [-0.2, -0.15) is 0 Å². The minimum absolute atomic E-state index is 0.0848. The van der Waals surface area contributed by atoms with E-state index in [1.54, 1.807) is 6.33 Å². The van der Waals surface area contributed by atoms with E-state index in [0.29, 0.717) is 5.75 Å². The predicted octanol–water partition coefficient (Wildman–Crippen LogP) is 4.28. The maximum absolute atomic E-state index is 12.7. The van der Waals surface area contributed by atoms with Gasteiger partial charge in [-0.05, 0) is 75.9 Å². The van der Waals surface area contributed by atoms with Gasteiger partial charge < -0.3 is 5.32 Å². The lowest BCUT2D eigenvalue weighted by atomic mass is 9.79. The number of benzene rings is 1. The number of amides is 1. The fourth-order valence-corrected chi connectivity index (χ4v) is 5.76. The van der Waals surface area contributed by atoms with Crippen LogP contribution in [0.4, 0.5) is 0 Å². The molecule has 0 atom stereocenters. The van der Waals surface area contributed by atoms with Crippen LogP contribution in [0.2, 0.25) is 0 Å². The summed E-state index contributed by atoms with van der Waals surface area (Å²) in [6.07, 6.45) is 11.9. The molecule has 1 aromatic carbocycles. The SMILES string of the molecule is Cc1ccc(-n2cnnc2SCC(=O)NCC2(N3CCCCC3)CCCCC2)cc1C. The smallest absolute Gasteiger partial charge is 0.230 e. The molecule has 31 heavy (non-hydrogen) atoms. The monoisotopic (exact) mass is 441 g/mol. The number of aromatic nitrogens is 3. The average molecular weight is 442 g/mol. The Hall–Kier alpha value is -1.86. The minimum atomic E-state index is 0.0848. The second kappa shape index (κ2) is 10.2. The van der Waals surface area contributed by atoms with Crippen LogP contribution in [0.3, 0.4) is 0 Å². The molecule has 2 fully saturated rings. The van der Waals surface area contributed by atoms with Crippen molar-refractivity contribution in [2.75, 3.05) is 25.4 Å². The number of rotatable bonds is 7. The summed E-state index contributed by atoms with van der Waals surface area (Å²) in [5.74, 6) is 0.446. The third-order valence-corrected chi connectivity index (χ3v) is 7.99. The molecule has 0 unspecified atom stereocenters. The van der Waals surface area contributed by atoms with Gasteiger partial charge in [-0.25, -0.2) is 0 Å². The highest BCUT2D eigenvalue weighted by atomic mass is 32.2. The molecule has 0 bridgehead atoms. The summed E-state index contributed by atoms with van der Waals surface area (Å²) in [4.78, 5) is 15.4. The van der Waals surface area contributed by atoms with Gasteiger partial charge in [0.1, 0.15) is 6.33 Å². The van der Waals surface area contributed by atoms with Crippen molar-refractivity contribution in [1.82, 2.24) is 25.0 Å². The summed E-state index contributed by atoms with van der Waals surface area (Å²) < 4.78 is 1.96. The van der Waals surface area contributed by atoms with Crippen LogP contribution in [-0.2, 0) is 4.79 Å². The molecule has 6 nitrogen and oxygen atoms in total. The molecule has 1 aliphatic heterocycles. The fraction of sp³-hybridized carbons (Fsp3) is 0.625. The molecule has 1 aliphatic carbocycles. The summed E-state index contributed by atoms with van der Waals surface area (Å²) in [6.45, 7) is 7.35. The van der Waals surface area contributed by atoms with Crippen molar-refractivity contribution in [1.29, 1.82) is 0 Å². The number of carbonyl (C=O) groups excluding carboxylic acids is 1. The summed E-state index contributed by atoms with van der Waals surface area (Å²) in [6, 6.07) is 6.31. The summed E-state index contributed by atoms with van der Waals surface area (Å²) in [5.41, 5.74) is 3.69. The topological polar surface area (TPSA) is 63.1 Å². The maximum Gasteiger partial charge on any atom is 0.230 e. The standard InChI is InChI=1S/C24H35N5OS/c1-19-9-10-21(15-20(19)2)29-18-26-27-23(29)31-16-22(30)25-17-24(11-5-3-6-12-24)28-13-7-4-8-14-28/h9-10,15,18H,3-8,11-14,16-17H2,1-2H3,(H,25,30). The average Bonchev–Trinajstić information content (AvgIpc) is 3.28. The summed E-state index contributed by atoms with van der Waals surface area (Å²) in [7, 11) is 0. The molecule has 0 radical (unpaired) electrons. The van der Waals surface area contributed by atoms with Crippen LogP contribution >= 0.6 is 11.8 Å². The zero-order chi connectivity index (χ0) is 21.7. The molecule has 1 amide bonds. The zero-order valence-electron chi connectivity index (χ0n) is 18.9. The van der Waals surface area contributed by atoms with Crippen molar-refractivity contribution >= 4 is 17.7 Å². The van der Waals surface area contributed by atoms with Crippen molar-refractivity contribution < 1.29 is 4.79 Å². The van der Waals surface area contributed by atoms with E-state index in [4.69, 9.17) is 0 Å². The van der Waals surface area contributed by atoms with Crippen molar-refractivity contribution in [3.8, 4) is 5.69 Å². The molecule has 2 heterocycles. The van der Waals surface area contributed by atoms with Gasteiger partial charge >= 0.3 is 0 Å². The molecule has 7 heteroatoms. The van der Waals surface area contributed by atoms with Gasteiger partial charge in [-0.1, -0.05) is 43.5 Å². The minimum Gasteiger partial charge on any atom is -0.354 e. The molecule has 2 aliphatic rings. The quantitative estimate of drug-likeness (QED) is 0.650. The van der Waals surface area contributed by atoms with Crippen LogP contribution in [0, 0.1) is 13.8 Å². The number of thioether (sulfide) groups is 1. The van der Waals surface area contributed by atoms with Crippen molar-refractivity contribution in [3.63, 3.8) is 0 Å². The first-order valence-electron chi connectivity index (χ1n) is 11.7. The van der Waals surface area contributed by atoms with Crippen LogP contribution in [0.15, 0.2) is 29.7 Å². The zero-order valence-corrected chi connectivity index (χ0v) is 19.7. The van der Waals surface area contributed by atoms with Gasteiger partial charge in [-0.3, -0.25) is 14.3 Å². The number of nitrogens with zero attached hydrogens (tertiary/aromatic N) is 4. The first kappa shape index (κ1) is 22.3. The van der Waals surface area contributed by atoms with Gasteiger partial charge in [0.25, 0.3) is 0 Å². The van der Waals surface area contributed by atoms with Gasteiger partial charge in [0, 0.05) is 17.8 Å². The molecule has 2 aromatic rings. The van der Waals surface area contributed by atoms with Gasteiger partial charge in [0.05, 0.1) is 5.75 Å². The third kappa shape index (κ3) is 5.32. The summed E-state index contributed by atoms with van der Waals surface area (Å²) >= 11 is 1.45. The van der Waals surface area contributed by atoms with E-state index in [0.717, 1.165) is 17.4 Å². The number of piperidine rings is 1. The van der Waals surface area contributed by atoms with Crippen molar-refractivity contribution in [3.05, 3.63) is 35.7 Å². The predicted molar refractivity (Wildman–Crippen MR) is 126 cm³/mol. The Balaban J connectivity index is 1.35. The van der Waals surface area contributed by atoms with E-state index in [9.17, 15) is 4.79 Å². The first-order chi connectivity index (χ1) is 15.1. The first-order valence-corrected chi connectivity index (χ1v) is 12.7. The number of likely N-dealkylation sites (tertiary alicyclic amines) is 1. The Labute approximate surface area is 190 Å². The van der Waals surface area contributed by atoms with Gasteiger partial charge in [-0.15, -0.1) is 10.2 Å². The lowest BCUT2D eigenvalue weighted by Crippen LogP contribution is -2.58. The fourth-order valence-electron chi connectivity index (χ4n) is 5.00. The van der Waals surface area contributed by atoms with Gasteiger partial charge in [0.2, 0.25) is 5.91 Å². The van der Waals surface area contributed by atoms with Crippen LogP contribution in [0.5, 0.6) is 0 Å². The molecule has 1 aromatic heterocycles. The van der Waals surface area contributed by atoms with Crippen LogP contribution < -0.4 is 5.32 Å². The number of aryl methyl sites for hydroxylation is 2. The van der Waals surface area contributed by atoms with Gasteiger partial charge in [0.15, 0.2) is 5.16 Å². The molecular weight excluding hydrogens is 406 g/mol. The Kier molecular flexibility index (Phi) is 7.33. The lowest BCUT2D eigenvalue weighted by molar-refractivity contribution is -0.119. The Morgan fingerprint density at radius 2 is 1.81 bits per heavy atom. The highest BCUT2D eigenvalue weighted by molar-refractivity contribution is 7.99. The highest BCUT2D eigenvalue weighted by Crippen LogP contribution is 2.35. The van der Waals surface area contributed by atoms with Crippen molar-refractivity contribution in [2.45, 2.75) is 75.9 Å². The second-order valence-corrected chi connectivity index (χ2v) is 10.1. The highest BCUT2D eigenvalue weighted by Gasteiger charge is 2.38. The van der Waals surface area contributed by atoms with Crippen LogP contribution in [0.25, 0.3) is 5.69 Å². The molecular formula is C24H35N5OS. The lowest BCUT2D eigenvalue weighted by Gasteiger charge is -2.48. The number of hydrogen-bond donors (Lipinski definition) is 1. The van der Waals surface area contributed by atoms with E-state index in [2.05, 4.69) is 52.5 Å². The van der Waals surface area contributed by atoms with E-state index in [1.807, 2.05) is 4.57 Å². The maximum atomic E-state index is 12.7. The molecule has 168 valence electrons. The third-order valence-electron chi connectivity index (χ3n) is 7.04. The molecule has 1 saturated carbocycles. The number of hydrogen-bond acceptors (Lipinski definition) is 5. The van der Waals surface area contributed by atoms with E-state index in [-0.39, 0.29) is 11.4 Å². The van der Waals surface area contributed by atoms with E-state index < -0.39 is 0 Å². The van der Waals surface area contributed by atoms with Crippen LogP contribution in [0.1, 0.15) is 62.5 Å². The van der Waals surface area contributed by atoms with Crippen molar-refractivity contribution in [2.24, 2.45) is 0 Å². The molecule has 1 saturated heterocycles. The Morgan fingerprint density at radius 3 is 2.55 bits per heavy atom. The van der Waals surface area contributed by atoms with Crippen LogP contribution in [-0.4, -0.2) is 56.5 Å². The molecule has 1 N–H and O–H groups in total. The molecule has 0 spiro atoms. The molecule has 4 rings (SSSR count).